The van der Waals surface area contributed by atoms with Crippen LogP contribution in [0.2, 0.25) is 0 Å². The minimum atomic E-state index is -0.213. The maximum atomic E-state index is 13.0. The van der Waals surface area contributed by atoms with Crippen molar-refractivity contribution in [2.45, 2.75) is 18.8 Å². The Labute approximate surface area is 101 Å². The normalized spacial score (nSPS) is 17.4. The fourth-order valence-electron chi connectivity index (χ4n) is 1.65. The summed E-state index contributed by atoms with van der Waals surface area (Å²) in [4.78, 5) is 0. The summed E-state index contributed by atoms with van der Waals surface area (Å²) in [6, 6.07) is 6.59. The summed E-state index contributed by atoms with van der Waals surface area (Å²) in [6.07, 6.45) is 2.57. The third kappa shape index (κ3) is 3.46. The minimum absolute atomic E-state index is 0.0936. The minimum Gasteiger partial charge on any atom is -0.380 e. The second-order valence-electron chi connectivity index (χ2n) is 4.39. The summed E-state index contributed by atoms with van der Waals surface area (Å²) in [6.45, 7) is 1.41. The van der Waals surface area contributed by atoms with Gasteiger partial charge in [0, 0.05) is 18.4 Å². The van der Waals surface area contributed by atoms with Gasteiger partial charge in [0.25, 0.3) is 0 Å². The molecule has 1 nitrogen and oxygen atoms in total. The van der Waals surface area contributed by atoms with Crippen LogP contribution in [0.15, 0.2) is 24.3 Å². The van der Waals surface area contributed by atoms with E-state index in [0.29, 0.717) is 12.5 Å². The molecule has 1 atom stereocenters. The first-order chi connectivity index (χ1) is 7.79. The Morgan fingerprint density at radius 1 is 1.44 bits per heavy atom. The Morgan fingerprint density at radius 2 is 2.25 bits per heavy atom. The van der Waals surface area contributed by atoms with Gasteiger partial charge in [0.1, 0.15) is 5.82 Å². The van der Waals surface area contributed by atoms with E-state index in [1.54, 1.807) is 6.07 Å². The van der Waals surface area contributed by atoms with E-state index in [9.17, 15) is 4.39 Å². The predicted molar refractivity (Wildman–Crippen MR) is 63.4 cm³/mol. The highest BCUT2D eigenvalue weighted by Gasteiger charge is 2.22. The second kappa shape index (κ2) is 5.65. The van der Waals surface area contributed by atoms with Crippen LogP contribution in [0.3, 0.4) is 0 Å². The van der Waals surface area contributed by atoms with Crippen LogP contribution in [-0.4, -0.2) is 19.1 Å². The topological polar surface area (TPSA) is 9.23 Å². The van der Waals surface area contributed by atoms with Crippen LogP contribution in [-0.2, 0) is 4.74 Å². The average Bonchev–Trinajstić information content (AvgIpc) is 3.08. The summed E-state index contributed by atoms with van der Waals surface area (Å²) < 4.78 is 18.6. The van der Waals surface area contributed by atoms with Crippen molar-refractivity contribution in [2.24, 2.45) is 5.92 Å². The number of hydrogen-bond donors (Lipinski definition) is 0. The molecule has 0 aromatic heterocycles. The van der Waals surface area contributed by atoms with Gasteiger partial charge >= 0.3 is 0 Å². The largest absolute Gasteiger partial charge is 0.380 e. The molecule has 0 spiro atoms. The monoisotopic (exact) mass is 242 g/mol. The van der Waals surface area contributed by atoms with E-state index in [-0.39, 0.29) is 11.7 Å². The van der Waals surface area contributed by atoms with Crippen molar-refractivity contribution in [3.8, 4) is 0 Å². The van der Waals surface area contributed by atoms with Gasteiger partial charge in [0.2, 0.25) is 0 Å². The van der Waals surface area contributed by atoms with Crippen molar-refractivity contribution in [1.82, 2.24) is 0 Å². The summed E-state index contributed by atoms with van der Waals surface area (Å²) in [7, 11) is 0. The van der Waals surface area contributed by atoms with Crippen molar-refractivity contribution in [3.63, 3.8) is 0 Å². The fraction of sp³-hybridized carbons (Fsp3) is 0.538. The summed E-state index contributed by atoms with van der Waals surface area (Å²) in [5.41, 5.74) is 0.922. The molecule has 0 saturated heterocycles. The molecule has 1 aliphatic carbocycles. The van der Waals surface area contributed by atoms with E-state index >= 15 is 0 Å². The first-order valence-electron chi connectivity index (χ1n) is 5.68. The maximum absolute atomic E-state index is 13.0. The molecule has 0 bridgehead atoms. The van der Waals surface area contributed by atoms with Gasteiger partial charge in [0.15, 0.2) is 0 Å². The molecular formula is C13H16ClFO. The average molecular weight is 243 g/mol. The smallest absolute Gasteiger partial charge is 0.123 e. The summed E-state index contributed by atoms with van der Waals surface area (Å²) >= 11 is 5.88. The quantitative estimate of drug-likeness (QED) is 0.693. The molecule has 0 N–H and O–H groups in total. The lowest BCUT2D eigenvalue weighted by Gasteiger charge is -2.14. The first-order valence-corrected chi connectivity index (χ1v) is 6.22. The van der Waals surface area contributed by atoms with Gasteiger partial charge in [-0.3, -0.25) is 0 Å². The van der Waals surface area contributed by atoms with E-state index in [1.807, 2.05) is 6.07 Å². The van der Waals surface area contributed by atoms with Gasteiger partial charge in [-0.15, -0.1) is 11.6 Å². The molecule has 1 unspecified atom stereocenters. The van der Waals surface area contributed by atoms with E-state index < -0.39 is 0 Å². The highest BCUT2D eigenvalue weighted by Crippen LogP contribution is 2.29. The van der Waals surface area contributed by atoms with Gasteiger partial charge in [0.05, 0.1) is 6.61 Å². The molecule has 1 saturated carbocycles. The molecule has 0 amide bonds. The van der Waals surface area contributed by atoms with Gasteiger partial charge in [-0.25, -0.2) is 4.39 Å². The number of rotatable bonds is 6. The second-order valence-corrected chi connectivity index (χ2v) is 4.70. The van der Waals surface area contributed by atoms with Crippen molar-refractivity contribution < 1.29 is 9.13 Å². The SMILES string of the molecule is Fc1cccc(C(CCl)COCC2CC2)c1. The molecular weight excluding hydrogens is 227 g/mol. The van der Waals surface area contributed by atoms with Crippen LogP contribution in [0, 0.1) is 11.7 Å². The molecule has 16 heavy (non-hydrogen) atoms. The van der Waals surface area contributed by atoms with Crippen molar-refractivity contribution in [1.29, 1.82) is 0 Å². The first kappa shape index (κ1) is 11.9. The van der Waals surface area contributed by atoms with Crippen molar-refractivity contribution in [3.05, 3.63) is 35.6 Å². The van der Waals surface area contributed by atoms with E-state index in [0.717, 1.165) is 18.1 Å². The molecule has 1 aromatic carbocycles. The third-order valence-corrected chi connectivity index (χ3v) is 3.25. The van der Waals surface area contributed by atoms with Gasteiger partial charge in [-0.05, 0) is 36.5 Å². The number of ether oxygens (including phenoxy) is 1. The Morgan fingerprint density at radius 3 is 2.88 bits per heavy atom. The lowest BCUT2D eigenvalue weighted by Crippen LogP contribution is -2.11. The standard InChI is InChI=1S/C13H16ClFO/c14-7-12(9-16-8-10-4-5-10)11-2-1-3-13(15)6-11/h1-3,6,10,12H,4-5,7-9H2. The van der Waals surface area contributed by atoms with Crippen LogP contribution in [0.4, 0.5) is 4.39 Å². The highest BCUT2D eigenvalue weighted by molar-refractivity contribution is 6.18. The van der Waals surface area contributed by atoms with Crippen molar-refractivity contribution >= 4 is 11.6 Å². The van der Waals surface area contributed by atoms with Gasteiger partial charge < -0.3 is 4.74 Å². The molecule has 1 fully saturated rings. The van der Waals surface area contributed by atoms with Crippen LogP contribution in [0.5, 0.6) is 0 Å². The molecule has 0 radical (unpaired) electrons. The number of benzene rings is 1. The number of alkyl halides is 1. The molecule has 2 rings (SSSR count). The number of hydrogen-bond acceptors (Lipinski definition) is 1. The van der Waals surface area contributed by atoms with Gasteiger partial charge in [-0.1, -0.05) is 12.1 Å². The Balaban J connectivity index is 1.87. The van der Waals surface area contributed by atoms with Crippen LogP contribution >= 0.6 is 11.6 Å². The van der Waals surface area contributed by atoms with Crippen molar-refractivity contribution in [2.75, 3.05) is 19.1 Å². The lowest BCUT2D eigenvalue weighted by molar-refractivity contribution is 0.115. The Hall–Kier alpha value is -0.600. The highest BCUT2D eigenvalue weighted by atomic mass is 35.5. The molecule has 0 heterocycles. The Kier molecular flexibility index (Phi) is 4.19. The fourth-order valence-corrected chi connectivity index (χ4v) is 1.92. The molecule has 3 heteroatoms. The van der Waals surface area contributed by atoms with Gasteiger partial charge in [-0.2, -0.15) is 0 Å². The third-order valence-electron chi connectivity index (χ3n) is 2.88. The predicted octanol–water partition coefficient (Wildman–Crippen LogP) is 3.57. The van der Waals surface area contributed by atoms with E-state index in [4.69, 9.17) is 16.3 Å². The molecule has 1 aliphatic rings. The van der Waals surface area contributed by atoms with Crippen LogP contribution < -0.4 is 0 Å². The van der Waals surface area contributed by atoms with Crippen LogP contribution in [0.1, 0.15) is 24.3 Å². The zero-order valence-corrected chi connectivity index (χ0v) is 9.92. The maximum Gasteiger partial charge on any atom is 0.123 e. The lowest BCUT2D eigenvalue weighted by atomic mass is 10.0. The van der Waals surface area contributed by atoms with Crippen LogP contribution in [0.25, 0.3) is 0 Å². The Bertz CT molecular complexity index is 338. The zero-order chi connectivity index (χ0) is 11.4. The summed E-state index contributed by atoms with van der Waals surface area (Å²) in [5.74, 6) is 1.10. The molecule has 88 valence electrons. The molecule has 1 aromatic rings. The van der Waals surface area contributed by atoms with E-state index in [2.05, 4.69) is 0 Å². The summed E-state index contributed by atoms with van der Waals surface area (Å²) in [5, 5.41) is 0. The number of halogens is 2. The molecule has 0 aliphatic heterocycles. The van der Waals surface area contributed by atoms with E-state index in [1.165, 1.54) is 25.0 Å². The zero-order valence-electron chi connectivity index (χ0n) is 9.16.